The van der Waals surface area contributed by atoms with E-state index in [4.69, 9.17) is 10.2 Å². The van der Waals surface area contributed by atoms with E-state index in [0.29, 0.717) is 6.54 Å². The van der Waals surface area contributed by atoms with Gasteiger partial charge in [0.15, 0.2) is 0 Å². The topological polar surface area (TPSA) is 59.4 Å². The molecule has 1 atom stereocenters. The van der Waals surface area contributed by atoms with Gasteiger partial charge < -0.3 is 15.3 Å². The van der Waals surface area contributed by atoms with Gasteiger partial charge in [-0.3, -0.25) is 0 Å². The van der Waals surface area contributed by atoms with Crippen LogP contribution in [0.2, 0.25) is 0 Å². The summed E-state index contributed by atoms with van der Waals surface area (Å²) in [7, 11) is 0. The minimum atomic E-state index is -0.370. The summed E-state index contributed by atoms with van der Waals surface area (Å²) in [6.45, 7) is 2.42. The van der Waals surface area contributed by atoms with Crippen LogP contribution >= 0.6 is 0 Å². The van der Waals surface area contributed by atoms with Crippen molar-refractivity contribution in [3.8, 4) is 0 Å². The predicted molar refractivity (Wildman–Crippen MR) is 59.7 cm³/mol. The fourth-order valence-corrected chi connectivity index (χ4v) is 1.62. The highest BCUT2D eigenvalue weighted by atomic mass is 16.3. The second-order valence-corrected chi connectivity index (χ2v) is 4.10. The normalized spacial score (nSPS) is 15.4. The molecule has 3 nitrogen and oxygen atoms in total. The fraction of sp³-hybridized carbons (Fsp3) is 0.333. The lowest BCUT2D eigenvalue weighted by Crippen LogP contribution is -2.35. The molecule has 0 spiro atoms. The molecule has 0 fully saturated rings. The largest absolute Gasteiger partial charge is 0.464 e. The van der Waals surface area contributed by atoms with Crippen LogP contribution in [-0.2, 0) is 5.41 Å². The third-order valence-electron chi connectivity index (χ3n) is 2.95. The Hall–Kier alpha value is -1.32. The van der Waals surface area contributed by atoms with Crippen LogP contribution in [0, 0.1) is 0 Å². The maximum atomic E-state index is 9.36. The molecule has 1 aromatic carbocycles. The van der Waals surface area contributed by atoms with Crippen molar-refractivity contribution in [2.45, 2.75) is 12.3 Å². The van der Waals surface area contributed by atoms with Crippen LogP contribution in [0.1, 0.15) is 12.5 Å². The highest BCUT2D eigenvalue weighted by molar-refractivity contribution is 5.78. The van der Waals surface area contributed by atoms with Crippen molar-refractivity contribution in [2.75, 3.05) is 13.2 Å². The van der Waals surface area contributed by atoms with Crippen molar-refractivity contribution in [3.63, 3.8) is 0 Å². The molecule has 0 aliphatic rings. The molecule has 0 saturated carbocycles. The number of hydrogen-bond donors (Lipinski definition) is 2. The van der Waals surface area contributed by atoms with Gasteiger partial charge in [0.1, 0.15) is 5.58 Å². The molecule has 3 heteroatoms. The smallest absolute Gasteiger partial charge is 0.133 e. The first kappa shape index (κ1) is 10.2. The lowest BCUT2D eigenvalue weighted by atomic mass is 9.83. The summed E-state index contributed by atoms with van der Waals surface area (Å²) in [6.07, 6.45) is 1.66. The Balaban J connectivity index is 2.51. The summed E-state index contributed by atoms with van der Waals surface area (Å²) in [6, 6.07) is 7.79. The third kappa shape index (κ3) is 1.64. The van der Waals surface area contributed by atoms with Crippen LogP contribution in [0.4, 0.5) is 0 Å². The van der Waals surface area contributed by atoms with Gasteiger partial charge in [0.2, 0.25) is 0 Å². The van der Waals surface area contributed by atoms with Gasteiger partial charge in [-0.2, -0.15) is 0 Å². The first-order valence-corrected chi connectivity index (χ1v) is 4.98. The summed E-state index contributed by atoms with van der Waals surface area (Å²) in [5.74, 6) is 0. The molecule has 80 valence electrons. The molecule has 0 saturated heterocycles. The molecule has 3 N–H and O–H groups in total. The number of furan rings is 1. The van der Waals surface area contributed by atoms with E-state index in [1.165, 1.54) is 0 Å². The van der Waals surface area contributed by atoms with Crippen LogP contribution in [0.3, 0.4) is 0 Å². The maximum Gasteiger partial charge on any atom is 0.133 e. The van der Waals surface area contributed by atoms with Crippen molar-refractivity contribution in [1.82, 2.24) is 0 Å². The van der Waals surface area contributed by atoms with Gasteiger partial charge >= 0.3 is 0 Å². The second kappa shape index (κ2) is 3.68. The molecule has 0 aliphatic carbocycles. The Labute approximate surface area is 88.5 Å². The number of fused-ring (bicyclic) bond motifs is 1. The number of nitrogens with two attached hydrogens (primary N) is 1. The first-order valence-electron chi connectivity index (χ1n) is 4.98. The van der Waals surface area contributed by atoms with E-state index >= 15 is 0 Å². The molecule has 1 unspecified atom stereocenters. The van der Waals surface area contributed by atoms with Crippen molar-refractivity contribution < 1.29 is 9.52 Å². The van der Waals surface area contributed by atoms with E-state index in [9.17, 15) is 5.11 Å². The van der Waals surface area contributed by atoms with E-state index in [1.54, 1.807) is 6.26 Å². The summed E-state index contributed by atoms with van der Waals surface area (Å²) in [5, 5.41) is 10.4. The average Bonchev–Trinajstić information content (AvgIpc) is 2.74. The van der Waals surface area contributed by atoms with Gasteiger partial charge in [-0.1, -0.05) is 13.0 Å². The number of aliphatic hydroxyl groups is 1. The molecule has 1 heterocycles. The Morgan fingerprint density at radius 2 is 2.20 bits per heavy atom. The van der Waals surface area contributed by atoms with Crippen molar-refractivity contribution in [2.24, 2.45) is 5.73 Å². The van der Waals surface area contributed by atoms with E-state index in [2.05, 4.69) is 0 Å². The molecule has 0 aliphatic heterocycles. The Bertz CT molecular complexity index is 457. The second-order valence-electron chi connectivity index (χ2n) is 4.10. The SMILES string of the molecule is CC(CN)(CO)c1ccc2occc2c1. The lowest BCUT2D eigenvalue weighted by Gasteiger charge is -2.25. The molecule has 2 rings (SSSR count). The number of benzene rings is 1. The summed E-state index contributed by atoms with van der Waals surface area (Å²) in [5.41, 5.74) is 7.22. The average molecular weight is 205 g/mol. The zero-order chi connectivity index (χ0) is 10.9. The van der Waals surface area contributed by atoms with Gasteiger partial charge in [-0.25, -0.2) is 0 Å². The minimum absolute atomic E-state index is 0.0485. The Morgan fingerprint density at radius 1 is 1.40 bits per heavy atom. The quantitative estimate of drug-likeness (QED) is 0.800. The molecule has 2 aromatic rings. The van der Waals surface area contributed by atoms with Crippen LogP contribution in [0.5, 0.6) is 0 Å². The lowest BCUT2D eigenvalue weighted by molar-refractivity contribution is 0.210. The van der Waals surface area contributed by atoms with Crippen LogP contribution < -0.4 is 5.73 Å². The van der Waals surface area contributed by atoms with Gasteiger partial charge in [-0.15, -0.1) is 0 Å². The van der Waals surface area contributed by atoms with Gasteiger partial charge in [0.05, 0.1) is 12.9 Å². The monoisotopic (exact) mass is 205 g/mol. The standard InChI is InChI=1S/C12H15NO2/c1-12(7-13,8-14)10-2-3-11-9(6-10)4-5-15-11/h2-6,14H,7-8,13H2,1H3. The minimum Gasteiger partial charge on any atom is -0.464 e. The van der Waals surface area contributed by atoms with Gasteiger partial charge in [0, 0.05) is 17.3 Å². The van der Waals surface area contributed by atoms with Gasteiger partial charge in [-0.05, 0) is 23.8 Å². The van der Waals surface area contributed by atoms with Crippen molar-refractivity contribution >= 4 is 11.0 Å². The highest BCUT2D eigenvalue weighted by Gasteiger charge is 2.24. The molecule has 0 radical (unpaired) electrons. The maximum absolute atomic E-state index is 9.36. The van der Waals surface area contributed by atoms with Crippen LogP contribution in [0.25, 0.3) is 11.0 Å². The Morgan fingerprint density at radius 3 is 2.87 bits per heavy atom. The highest BCUT2D eigenvalue weighted by Crippen LogP contribution is 2.26. The summed E-state index contributed by atoms with van der Waals surface area (Å²) in [4.78, 5) is 0. The van der Waals surface area contributed by atoms with E-state index < -0.39 is 0 Å². The van der Waals surface area contributed by atoms with E-state index in [1.807, 2.05) is 31.2 Å². The number of aliphatic hydroxyl groups excluding tert-OH is 1. The number of hydrogen-bond acceptors (Lipinski definition) is 3. The fourth-order valence-electron chi connectivity index (χ4n) is 1.62. The predicted octanol–water partition coefficient (Wildman–Crippen LogP) is 1.64. The van der Waals surface area contributed by atoms with Gasteiger partial charge in [0.25, 0.3) is 0 Å². The molecular weight excluding hydrogens is 190 g/mol. The molecule has 0 bridgehead atoms. The summed E-state index contributed by atoms with van der Waals surface area (Å²) >= 11 is 0. The van der Waals surface area contributed by atoms with E-state index in [-0.39, 0.29) is 12.0 Å². The molecule has 0 amide bonds. The molecule has 15 heavy (non-hydrogen) atoms. The zero-order valence-electron chi connectivity index (χ0n) is 8.73. The Kier molecular flexibility index (Phi) is 2.50. The van der Waals surface area contributed by atoms with E-state index in [0.717, 1.165) is 16.5 Å². The molecule has 1 aromatic heterocycles. The van der Waals surface area contributed by atoms with Crippen molar-refractivity contribution in [1.29, 1.82) is 0 Å². The molecular formula is C12H15NO2. The third-order valence-corrected chi connectivity index (χ3v) is 2.95. The zero-order valence-corrected chi connectivity index (χ0v) is 8.73. The van der Waals surface area contributed by atoms with Crippen LogP contribution in [-0.4, -0.2) is 18.3 Å². The first-order chi connectivity index (χ1) is 7.19. The van der Waals surface area contributed by atoms with Crippen LogP contribution in [0.15, 0.2) is 34.9 Å². The number of rotatable bonds is 3. The van der Waals surface area contributed by atoms with Crippen molar-refractivity contribution in [3.05, 3.63) is 36.1 Å². The summed E-state index contributed by atoms with van der Waals surface area (Å²) < 4.78 is 5.26.